The third kappa shape index (κ3) is 2.80. The third-order valence-electron chi connectivity index (χ3n) is 3.23. The molecule has 0 aromatic heterocycles. The van der Waals surface area contributed by atoms with Crippen LogP contribution >= 0.6 is 15.9 Å². The van der Waals surface area contributed by atoms with Crippen LogP contribution in [0.15, 0.2) is 22.7 Å². The summed E-state index contributed by atoms with van der Waals surface area (Å²) in [5.41, 5.74) is 6.30. The fourth-order valence-electron chi connectivity index (χ4n) is 2.28. The first-order chi connectivity index (χ1) is 8.24. The fraction of sp³-hybridized carbons (Fsp3) is 0.462. The SMILES string of the molecule is N#Cc1ccc(Br)cc1OC1CCCC1CN. The summed E-state index contributed by atoms with van der Waals surface area (Å²) < 4.78 is 6.87. The molecule has 2 unspecified atom stereocenters. The lowest BCUT2D eigenvalue weighted by Gasteiger charge is -2.20. The van der Waals surface area contributed by atoms with E-state index < -0.39 is 0 Å². The molecule has 1 aromatic carbocycles. The number of hydrogen-bond donors (Lipinski definition) is 1. The molecule has 0 radical (unpaired) electrons. The molecule has 4 heteroatoms. The Bertz CT molecular complexity index is 442. The van der Waals surface area contributed by atoms with E-state index in [2.05, 4.69) is 22.0 Å². The first-order valence-corrected chi connectivity index (χ1v) is 6.60. The van der Waals surface area contributed by atoms with Crippen molar-refractivity contribution in [2.75, 3.05) is 6.54 Å². The zero-order valence-electron chi connectivity index (χ0n) is 9.53. The normalized spacial score (nSPS) is 23.4. The summed E-state index contributed by atoms with van der Waals surface area (Å²) in [5.74, 6) is 1.08. The van der Waals surface area contributed by atoms with E-state index in [1.165, 1.54) is 0 Å². The molecule has 90 valence electrons. The van der Waals surface area contributed by atoms with E-state index >= 15 is 0 Å². The van der Waals surface area contributed by atoms with Crippen LogP contribution in [0.2, 0.25) is 0 Å². The van der Waals surface area contributed by atoms with Gasteiger partial charge in [-0.05, 0) is 44.0 Å². The molecule has 1 aliphatic rings. The predicted molar refractivity (Wildman–Crippen MR) is 69.7 cm³/mol. The number of benzene rings is 1. The molecule has 1 aromatic rings. The van der Waals surface area contributed by atoms with Crippen molar-refractivity contribution >= 4 is 15.9 Å². The van der Waals surface area contributed by atoms with Gasteiger partial charge in [0.1, 0.15) is 17.9 Å². The van der Waals surface area contributed by atoms with Gasteiger partial charge in [0, 0.05) is 10.4 Å². The number of nitrogens with two attached hydrogens (primary N) is 1. The van der Waals surface area contributed by atoms with Crippen molar-refractivity contribution in [1.29, 1.82) is 5.26 Å². The minimum Gasteiger partial charge on any atom is -0.489 e. The average molecular weight is 295 g/mol. The number of ether oxygens (including phenoxy) is 1. The van der Waals surface area contributed by atoms with E-state index in [4.69, 9.17) is 15.7 Å². The standard InChI is InChI=1S/C13H15BrN2O/c14-11-5-4-10(8-16)13(6-11)17-12-3-1-2-9(12)7-15/h4-6,9,12H,1-3,7,15H2. The van der Waals surface area contributed by atoms with Crippen molar-refractivity contribution < 1.29 is 4.74 Å². The van der Waals surface area contributed by atoms with Gasteiger partial charge in [0.2, 0.25) is 0 Å². The maximum absolute atomic E-state index is 9.04. The molecule has 1 fully saturated rings. The Kier molecular flexibility index (Phi) is 4.03. The summed E-state index contributed by atoms with van der Waals surface area (Å²) in [4.78, 5) is 0. The van der Waals surface area contributed by atoms with Gasteiger partial charge in [-0.2, -0.15) is 5.26 Å². The van der Waals surface area contributed by atoms with E-state index in [0.29, 0.717) is 23.8 Å². The first-order valence-electron chi connectivity index (χ1n) is 5.81. The van der Waals surface area contributed by atoms with Crippen LogP contribution in [0.25, 0.3) is 0 Å². The van der Waals surface area contributed by atoms with Gasteiger partial charge in [0.05, 0.1) is 5.56 Å². The third-order valence-corrected chi connectivity index (χ3v) is 3.73. The van der Waals surface area contributed by atoms with Crippen LogP contribution in [-0.4, -0.2) is 12.6 Å². The Morgan fingerprint density at radius 3 is 3.00 bits per heavy atom. The van der Waals surface area contributed by atoms with Gasteiger partial charge < -0.3 is 10.5 Å². The zero-order valence-corrected chi connectivity index (χ0v) is 11.1. The largest absolute Gasteiger partial charge is 0.489 e. The smallest absolute Gasteiger partial charge is 0.138 e. The van der Waals surface area contributed by atoms with Crippen molar-refractivity contribution in [1.82, 2.24) is 0 Å². The van der Waals surface area contributed by atoms with Crippen molar-refractivity contribution in [3.05, 3.63) is 28.2 Å². The quantitative estimate of drug-likeness (QED) is 0.932. The number of halogens is 1. The maximum Gasteiger partial charge on any atom is 0.138 e. The second-order valence-corrected chi connectivity index (χ2v) is 5.25. The van der Waals surface area contributed by atoms with E-state index in [1.54, 1.807) is 6.07 Å². The molecule has 0 bridgehead atoms. The lowest BCUT2D eigenvalue weighted by Crippen LogP contribution is -2.27. The number of nitriles is 1. The lowest BCUT2D eigenvalue weighted by molar-refractivity contribution is 0.162. The molecule has 2 rings (SSSR count). The van der Waals surface area contributed by atoms with Gasteiger partial charge in [-0.3, -0.25) is 0 Å². The lowest BCUT2D eigenvalue weighted by atomic mass is 10.1. The molecule has 1 saturated carbocycles. The Morgan fingerprint density at radius 2 is 2.29 bits per heavy atom. The summed E-state index contributed by atoms with van der Waals surface area (Å²) in [6.45, 7) is 0.653. The fourth-order valence-corrected chi connectivity index (χ4v) is 2.62. The van der Waals surface area contributed by atoms with Crippen molar-refractivity contribution in [2.45, 2.75) is 25.4 Å². The highest BCUT2D eigenvalue weighted by Gasteiger charge is 2.28. The van der Waals surface area contributed by atoms with Crippen LogP contribution in [0.4, 0.5) is 0 Å². The first kappa shape index (κ1) is 12.4. The molecule has 1 aliphatic carbocycles. The highest BCUT2D eigenvalue weighted by atomic mass is 79.9. The van der Waals surface area contributed by atoms with Gasteiger partial charge >= 0.3 is 0 Å². The molecule has 0 aliphatic heterocycles. The second kappa shape index (κ2) is 5.52. The molecule has 2 N–H and O–H groups in total. The minimum atomic E-state index is 0.154. The molecule has 0 amide bonds. The Balaban J connectivity index is 2.18. The van der Waals surface area contributed by atoms with Crippen LogP contribution in [0.3, 0.4) is 0 Å². The summed E-state index contributed by atoms with van der Waals surface area (Å²) in [6, 6.07) is 7.62. The van der Waals surface area contributed by atoms with Gasteiger partial charge in [-0.25, -0.2) is 0 Å². The number of hydrogen-bond acceptors (Lipinski definition) is 3. The van der Waals surface area contributed by atoms with Gasteiger partial charge in [0.15, 0.2) is 0 Å². The maximum atomic E-state index is 9.04. The summed E-state index contributed by atoms with van der Waals surface area (Å²) in [7, 11) is 0. The minimum absolute atomic E-state index is 0.154. The van der Waals surface area contributed by atoms with Crippen LogP contribution in [0.1, 0.15) is 24.8 Å². The molecule has 0 saturated heterocycles. The Labute approximate surface area is 110 Å². The number of nitrogens with zero attached hydrogens (tertiary/aromatic N) is 1. The highest BCUT2D eigenvalue weighted by Crippen LogP contribution is 2.31. The molecule has 17 heavy (non-hydrogen) atoms. The van der Waals surface area contributed by atoms with Crippen molar-refractivity contribution in [3.8, 4) is 11.8 Å². The predicted octanol–water partition coefficient (Wildman–Crippen LogP) is 2.83. The van der Waals surface area contributed by atoms with E-state index in [-0.39, 0.29) is 6.10 Å². The average Bonchev–Trinajstić information content (AvgIpc) is 2.77. The van der Waals surface area contributed by atoms with Crippen LogP contribution < -0.4 is 10.5 Å². The van der Waals surface area contributed by atoms with Crippen LogP contribution in [0, 0.1) is 17.2 Å². The van der Waals surface area contributed by atoms with Crippen molar-refractivity contribution in [3.63, 3.8) is 0 Å². The van der Waals surface area contributed by atoms with E-state index in [0.717, 1.165) is 23.7 Å². The molecular formula is C13H15BrN2O. The van der Waals surface area contributed by atoms with E-state index in [1.807, 2.05) is 12.1 Å². The van der Waals surface area contributed by atoms with Crippen LogP contribution in [0.5, 0.6) is 5.75 Å². The molecular weight excluding hydrogens is 280 g/mol. The van der Waals surface area contributed by atoms with Crippen LogP contribution in [-0.2, 0) is 0 Å². The molecule has 0 spiro atoms. The summed E-state index contributed by atoms with van der Waals surface area (Å²) in [5, 5.41) is 9.04. The topological polar surface area (TPSA) is 59.0 Å². The number of rotatable bonds is 3. The Morgan fingerprint density at radius 1 is 1.47 bits per heavy atom. The zero-order chi connectivity index (χ0) is 12.3. The molecule has 3 nitrogen and oxygen atoms in total. The summed E-state index contributed by atoms with van der Waals surface area (Å²) >= 11 is 3.39. The van der Waals surface area contributed by atoms with Crippen molar-refractivity contribution in [2.24, 2.45) is 11.7 Å². The Hall–Kier alpha value is -1.05. The molecule has 0 heterocycles. The second-order valence-electron chi connectivity index (χ2n) is 4.34. The van der Waals surface area contributed by atoms with Gasteiger partial charge in [-0.1, -0.05) is 15.9 Å². The van der Waals surface area contributed by atoms with Gasteiger partial charge in [0.25, 0.3) is 0 Å². The van der Waals surface area contributed by atoms with E-state index in [9.17, 15) is 0 Å². The monoisotopic (exact) mass is 294 g/mol. The highest BCUT2D eigenvalue weighted by molar-refractivity contribution is 9.10. The summed E-state index contributed by atoms with van der Waals surface area (Å²) in [6.07, 6.45) is 3.46. The van der Waals surface area contributed by atoms with Gasteiger partial charge in [-0.15, -0.1) is 0 Å². The molecule has 2 atom stereocenters.